The summed E-state index contributed by atoms with van der Waals surface area (Å²) in [7, 11) is 3.77. The molecule has 1 aliphatic heterocycles. The lowest BCUT2D eigenvalue weighted by Gasteiger charge is -2.45. The van der Waals surface area contributed by atoms with Crippen molar-refractivity contribution in [1.82, 2.24) is 0 Å². The van der Waals surface area contributed by atoms with Crippen LogP contribution in [0.2, 0.25) is 0 Å². The molecule has 0 saturated carbocycles. The second-order valence-electron chi connectivity index (χ2n) is 7.66. The molecule has 0 bridgehead atoms. The third kappa shape index (κ3) is 3.65. The molecule has 2 aromatic carbocycles. The van der Waals surface area contributed by atoms with Crippen molar-refractivity contribution >= 4 is 23.3 Å². The minimum Gasteiger partial charge on any atom is -0.496 e. The van der Waals surface area contributed by atoms with Crippen LogP contribution in [0, 0.1) is 10.1 Å². The maximum absolute atomic E-state index is 10.8. The molecule has 142 valence electrons. The first kappa shape index (κ1) is 18.9. The number of fused-ring (bicyclic) bond motifs is 1. The molecule has 0 fully saturated rings. The van der Waals surface area contributed by atoms with Gasteiger partial charge in [-0.2, -0.15) is 0 Å². The van der Waals surface area contributed by atoms with Crippen LogP contribution in [0.25, 0.3) is 0 Å². The fourth-order valence-electron chi connectivity index (χ4n) is 3.69. The summed E-state index contributed by atoms with van der Waals surface area (Å²) in [4.78, 5) is 17.1. The van der Waals surface area contributed by atoms with Crippen LogP contribution in [0.3, 0.4) is 0 Å². The van der Waals surface area contributed by atoms with Crippen LogP contribution < -0.4 is 9.64 Å². The van der Waals surface area contributed by atoms with E-state index >= 15 is 0 Å². The van der Waals surface area contributed by atoms with E-state index in [4.69, 9.17) is 4.74 Å². The molecule has 0 aliphatic carbocycles. The van der Waals surface area contributed by atoms with Crippen molar-refractivity contribution in [2.24, 2.45) is 4.99 Å². The van der Waals surface area contributed by atoms with E-state index in [1.807, 2.05) is 0 Å². The molecule has 0 amide bonds. The van der Waals surface area contributed by atoms with Crippen molar-refractivity contribution in [3.05, 3.63) is 57.6 Å². The molecule has 3 rings (SSSR count). The number of rotatable bonds is 4. The number of hydrogen-bond donors (Lipinski definition) is 0. The van der Waals surface area contributed by atoms with E-state index in [0.29, 0.717) is 11.6 Å². The molecule has 1 aliphatic rings. The summed E-state index contributed by atoms with van der Waals surface area (Å²) in [5, 5.41) is 10.8. The SMILES string of the molecule is COc1cc2c(cc1C=Nc1ccc([N+](=O)[O-])cc1)C(C)CC(C)(C)N2C. The third-order valence-corrected chi connectivity index (χ3v) is 5.40. The average molecular weight is 367 g/mol. The van der Waals surface area contributed by atoms with Crippen LogP contribution in [-0.4, -0.2) is 30.8 Å². The first-order valence-corrected chi connectivity index (χ1v) is 8.97. The number of non-ortho nitro benzene ring substituents is 1. The standard InChI is InChI=1S/C21H25N3O3/c1-14-12-21(2,3)23(4)19-11-20(27-5)15(10-18(14)19)13-22-16-6-8-17(9-7-16)24(25)26/h6-11,13-14H,12H2,1-5H3. The van der Waals surface area contributed by atoms with Gasteiger partial charge in [-0.25, -0.2) is 0 Å². The van der Waals surface area contributed by atoms with Crippen LogP contribution in [0.1, 0.15) is 44.2 Å². The normalized spacial score (nSPS) is 18.4. The molecule has 27 heavy (non-hydrogen) atoms. The molecule has 0 N–H and O–H groups in total. The Hall–Kier alpha value is -2.89. The minimum atomic E-state index is -0.417. The molecule has 0 saturated heterocycles. The molecule has 0 spiro atoms. The Balaban J connectivity index is 1.97. The highest BCUT2D eigenvalue weighted by atomic mass is 16.6. The zero-order valence-corrected chi connectivity index (χ0v) is 16.4. The highest BCUT2D eigenvalue weighted by molar-refractivity contribution is 5.87. The maximum atomic E-state index is 10.8. The first-order chi connectivity index (χ1) is 12.7. The number of aliphatic imine (C=N–C) groups is 1. The summed E-state index contributed by atoms with van der Waals surface area (Å²) >= 11 is 0. The van der Waals surface area contributed by atoms with E-state index in [0.717, 1.165) is 17.7 Å². The Labute approximate surface area is 159 Å². The van der Waals surface area contributed by atoms with Crippen molar-refractivity contribution in [2.45, 2.75) is 38.6 Å². The Morgan fingerprint density at radius 1 is 1.30 bits per heavy atom. The number of methoxy groups -OCH3 is 1. The van der Waals surface area contributed by atoms with Gasteiger partial charge < -0.3 is 9.64 Å². The van der Waals surface area contributed by atoms with Gasteiger partial charge in [0.05, 0.1) is 17.7 Å². The highest BCUT2D eigenvalue weighted by Crippen LogP contribution is 2.44. The zero-order valence-electron chi connectivity index (χ0n) is 16.4. The Morgan fingerprint density at radius 2 is 1.96 bits per heavy atom. The fourth-order valence-corrected chi connectivity index (χ4v) is 3.69. The van der Waals surface area contributed by atoms with Crippen molar-refractivity contribution in [2.75, 3.05) is 19.1 Å². The number of benzene rings is 2. The highest BCUT2D eigenvalue weighted by Gasteiger charge is 2.34. The summed E-state index contributed by atoms with van der Waals surface area (Å²) in [6.45, 7) is 6.75. The number of nitrogens with zero attached hydrogens (tertiary/aromatic N) is 3. The maximum Gasteiger partial charge on any atom is 0.269 e. The third-order valence-electron chi connectivity index (χ3n) is 5.40. The molecule has 6 heteroatoms. The molecular weight excluding hydrogens is 342 g/mol. The summed E-state index contributed by atoms with van der Waals surface area (Å²) in [6, 6.07) is 10.4. The molecule has 0 radical (unpaired) electrons. The first-order valence-electron chi connectivity index (χ1n) is 8.97. The van der Waals surface area contributed by atoms with E-state index in [2.05, 4.69) is 49.8 Å². The van der Waals surface area contributed by atoms with Gasteiger partial charge in [-0.3, -0.25) is 15.1 Å². The molecule has 1 heterocycles. The van der Waals surface area contributed by atoms with Gasteiger partial charge in [-0.15, -0.1) is 0 Å². The minimum absolute atomic E-state index is 0.0554. The Bertz CT molecular complexity index is 888. The summed E-state index contributed by atoms with van der Waals surface area (Å²) in [5.41, 5.74) is 4.16. The largest absolute Gasteiger partial charge is 0.496 e. The molecule has 0 aromatic heterocycles. The second kappa shape index (κ2) is 7.02. The van der Waals surface area contributed by atoms with E-state index in [1.165, 1.54) is 23.4 Å². The predicted molar refractivity (Wildman–Crippen MR) is 109 cm³/mol. The summed E-state index contributed by atoms with van der Waals surface area (Å²) in [6.07, 6.45) is 2.83. The van der Waals surface area contributed by atoms with Gasteiger partial charge in [0.1, 0.15) is 5.75 Å². The van der Waals surface area contributed by atoms with Crippen LogP contribution in [0.15, 0.2) is 41.4 Å². The smallest absolute Gasteiger partial charge is 0.269 e. The van der Waals surface area contributed by atoms with Crippen LogP contribution >= 0.6 is 0 Å². The second-order valence-corrected chi connectivity index (χ2v) is 7.66. The predicted octanol–water partition coefficient (Wildman–Crippen LogP) is 5.08. The fraction of sp³-hybridized carbons (Fsp3) is 0.381. The van der Waals surface area contributed by atoms with Crippen LogP contribution in [0.4, 0.5) is 17.1 Å². The topological polar surface area (TPSA) is 68.0 Å². The van der Waals surface area contributed by atoms with Gasteiger partial charge in [-0.1, -0.05) is 6.92 Å². The van der Waals surface area contributed by atoms with Crippen molar-refractivity contribution < 1.29 is 9.66 Å². The summed E-state index contributed by atoms with van der Waals surface area (Å²) in [5.74, 6) is 1.19. The van der Waals surface area contributed by atoms with Gasteiger partial charge >= 0.3 is 0 Å². The molecule has 6 nitrogen and oxygen atoms in total. The lowest BCUT2D eigenvalue weighted by atomic mass is 9.80. The molecule has 1 unspecified atom stereocenters. The molecular formula is C21H25N3O3. The average Bonchev–Trinajstić information content (AvgIpc) is 2.64. The summed E-state index contributed by atoms with van der Waals surface area (Å²) < 4.78 is 5.59. The van der Waals surface area contributed by atoms with E-state index < -0.39 is 4.92 Å². The van der Waals surface area contributed by atoms with Gasteiger partial charge in [0.15, 0.2) is 0 Å². The van der Waals surface area contributed by atoms with Gasteiger partial charge in [0.25, 0.3) is 5.69 Å². The zero-order chi connectivity index (χ0) is 19.8. The van der Waals surface area contributed by atoms with Crippen molar-refractivity contribution in [3.8, 4) is 5.75 Å². The number of nitro benzene ring substituents is 1. The number of nitro groups is 1. The van der Waals surface area contributed by atoms with E-state index in [1.54, 1.807) is 25.5 Å². The van der Waals surface area contributed by atoms with Crippen LogP contribution in [0.5, 0.6) is 5.75 Å². The quantitative estimate of drug-likeness (QED) is 0.429. The van der Waals surface area contributed by atoms with Crippen molar-refractivity contribution in [3.63, 3.8) is 0 Å². The Morgan fingerprint density at radius 3 is 2.56 bits per heavy atom. The number of anilines is 1. The number of hydrogen-bond acceptors (Lipinski definition) is 5. The molecule has 1 atom stereocenters. The Kier molecular flexibility index (Phi) is 4.91. The lowest BCUT2D eigenvalue weighted by Crippen LogP contribution is -2.45. The van der Waals surface area contributed by atoms with E-state index in [-0.39, 0.29) is 11.2 Å². The van der Waals surface area contributed by atoms with Crippen LogP contribution in [-0.2, 0) is 0 Å². The van der Waals surface area contributed by atoms with Gasteiger partial charge in [0.2, 0.25) is 0 Å². The number of ether oxygens (including phenoxy) is 1. The molecule has 2 aromatic rings. The monoisotopic (exact) mass is 367 g/mol. The van der Waals surface area contributed by atoms with Gasteiger partial charge in [0, 0.05) is 48.3 Å². The lowest BCUT2D eigenvalue weighted by molar-refractivity contribution is -0.384. The van der Waals surface area contributed by atoms with Crippen molar-refractivity contribution in [1.29, 1.82) is 0 Å². The van der Waals surface area contributed by atoms with E-state index in [9.17, 15) is 10.1 Å². The van der Waals surface area contributed by atoms with Gasteiger partial charge in [-0.05, 0) is 49.9 Å².